The number of imidazole rings is 1. The number of morpholine rings is 1. The zero-order chi connectivity index (χ0) is 21.5. The number of hydrogen-bond donors (Lipinski definition) is 2. The van der Waals surface area contributed by atoms with Crippen LogP contribution in [0.4, 0.5) is 24.7 Å². The highest BCUT2D eigenvalue weighted by Crippen LogP contribution is 2.38. The molecule has 162 valence electrons. The minimum absolute atomic E-state index is 0.218. The molecule has 1 fully saturated rings. The number of nitrogen functional groups attached to an aromatic ring is 1. The number of hydrogen-bond acceptors (Lipinski definition) is 6. The van der Waals surface area contributed by atoms with E-state index in [1.165, 1.54) is 13.0 Å². The molecule has 7 nitrogen and oxygen atoms in total. The Labute approximate surface area is 171 Å². The number of allylic oxidation sites excluding steroid dienone is 4. The van der Waals surface area contributed by atoms with E-state index in [-0.39, 0.29) is 18.6 Å². The summed E-state index contributed by atoms with van der Waals surface area (Å²) in [7, 11) is 0. The number of aliphatic hydroxyl groups is 1. The number of rotatable bonds is 4. The molecule has 2 aromatic heterocycles. The molecule has 1 saturated heterocycles. The summed E-state index contributed by atoms with van der Waals surface area (Å²) >= 11 is 0. The first-order chi connectivity index (χ1) is 14.3. The normalized spacial score (nSPS) is 18.3. The van der Waals surface area contributed by atoms with E-state index in [1.54, 1.807) is 10.6 Å². The zero-order valence-electron chi connectivity index (χ0n) is 16.7. The van der Waals surface area contributed by atoms with Gasteiger partial charge in [0.2, 0.25) is 0 Å². The van der Waals surface area contributed by atoms with Crippen LogP contribution < -0.4 is 10.6 Å². The Morgan fingerprint density at radius 1 is 1.27 bits per heavy atom. The first-order valence-corrected chi connectivity index (χ1v) is 9.86. The Morgan fingerprint density at radius 2 is 2.00 bits per heavy atom. The molecule has 0 radical (unpaired) electrons. The number of aromatic nitrogens is 3. The maximum atomic E-state index is 13.3. The van der Waals surface area contributed by atoms with Gasteiger partial charge in [-0.25, -0.2) is 9.50 Å². The van der Waals surface area contributed by atoms with Gasteiger partial charge >= 0.3 is 6.18 Å². The molecule has 1 aliphatic heterocycles. The lowest BCUT2D eigenvalue weighted by molar-refractivity contribution is -0.0899. The third-order valence-electron chi connectivity index (χ3n) is 5.68. The van der Waals surface area contributed by atoms with Crippen LogP contribution in [0, 0.1) is 0 Å². The van der Waals surface area contributed by atoms with Gasteiger partial charge in [-0.1, -0.05) is 11.6 Å². The third-order valence-corrected chi connectivity index (χ3v) is 5.68. The van der Waals surface area contributed by atoms with Gasteiger partial charge in [-0.05, 0) is 25.3 Å². The van der Waals surface area contributed by atoms with E-state index < -0.39 is 11.7 Å². The van der Waals surface area contributed by atoms with Crippen molar-refractivity contribution >= 4 is 17.2 Å². The van der Waals surface area contributed by atoms with Crippen molar-refractivity contribution in [1.29, 1.82) is 0 Å². The molecule has 4 rings (SSSR count). The second-order valence-corrected chi connectivity index (χ2v) is 7.52. The monoisotopic (exact) mass is 423 g/mol. The predicted molar refractivity (Wildman–Crippen MR) is 106 cm³/mol. The van der Waals surface area contributed by atoms with Crippen molar-refractivity contribution in [2.45, 2.75) is 39.0 Å². The lowest BCUT2D eigenvalue weighted by Crippen LogP contribution is -2.37. The standard InChI is InChI=1S/C20H24F3N5O2/c1-12-13(3-2-4-14(12)20(21,22)23)9-17-16(11-29)25-19-15(24)10-18(26-28(17)19)27-5-7-30-8-6-27/h4,10,29H,2-3,5-9,11,24H2,1H3. The Kier molecular flexibility index (Phi) is 5.46. The first kappa shape index (κ1) is 20.7. The van der Waals surface area contributed by atoms with E-state index in [1.807, 2.05) is 4.90 Å². The molecule has 0 saturated carbocycles. The molecule has 2 aromatic rings. The van der Waals surface area contributed by atoms with Crippen LogP contribution in [-0.2, 0) is 17.8 Å². The summed E-state index contributed by atoms with van der Waals surface area (Å²) in [6, 6.07) is 1.73. The fraction of sp³-hybridized carbons (Fsp3) is 0.500. The van der Waals surface area contributed by atoms with Crippen LogP contribution in [0.2, 0.25) is 0 Å². The highest BCUT2D eigenvalue weighted by molar-refractivity contribution is 5.69. The third kappa shape index (κ3) is 3.77. The van der Waals surface area contributed by atoms with Crippen LogP contribution in [0.5, 0.6) is 0 Å². The van der Waals surface area contributed by atoms with E-state index in [0.29, 0.717) is 73.3 Å². The molecular formula is C20H24F3N5O2. The average molecular weight is 423 g/mol. The molecule has 0 atom stereocenters. The highest BCUT2D eigenvalue weighted by Gasteiger charge is 2.36. The fourth-order valence-electron chi connectivity index (χ4n) is 4.04. The van der Waals surface area contributed by atoms with Crippen molar-refractivity contribution in [3.8, 4) is 0 Å². The summed E-state index contributed by atoms with van der Waals surface area (Å²) in [5.74, 6) is 0.650. The lowest BCUT2D eigenvalue weighted by atomic mass is 9.88. The van der Waals surface area contributed by atoms with Gasteiger partial charge in [-0.15, -0.1) is 5.10 Å². The molecule has 3 heterocycles. The molecule has 0 bridgehead atoms. The van der Waals surface area contributed by atoms with Crippen molar-refractivity contribution in [3.05, 3.63) is 40.2 Å². The van der Waals surface area contributed by atoms with Crippen LogP contribution in [0.1, 0.15) is 31.2 Å². The minimum atomic E-state index is -4.39. The fourth-order valence-corrected chi connectivity index (χ4v) is 4.04. The van der Waals surface area contributed by atoms with Crippen molar-refractivity contribution < 1.29 is 23.0 Å². The molecule has 0 amide bonds. The van der Waals surface area contributed by atoms with Gasteiger partial charge in [0.05, 0.1) is 42.5 Å². The maximum absolute atomic E-state index is 13.3. The van der Waals surface area contributed by atoms with Gasteiger partial charge in [-0.3, -0.25) is 0 Å². The molecule has 0 unspecified atom stereocenters. The molecule has 1 aliphatic carbocycles. The molecule has 3 N–H and O–H groups in total. The maximum Gasteiger partial charge on any atom is 0.416 e. The molecule has 0 aromatic carbocycles. The zero-order valence-corrected chi connectivity index (χ0v) is 16.7. The molecule has 10 heteroatoms. The van der Waals surface area contributed by atoms with Gasteiger partial charge in [0.15, 0.2) is 11.5 Å². The summed E-state index contributed by atoms with van der Waals surface area (Å²) < 4.78 is 47.0. The van der Waals surface area contributed by atoms with Gasteiger partial charge < -0.3 is 20.5 Å². The van der Waals surface area contributed by atoms with Gasteiger partial charge in [0, 0.05) is 25.6 Å². The van der Waals surface area contributed by atoms with Gasteiger partial charge in [0.1, 0.15) is 0 Å². The highest BCUT2D eigenvalue weighted by atomic mass is 19.4. The smallest absolute Gasteiger partial charge is 0.396 e. The lowest BCUT2D eigenvalue weighted by Gasteiger charge is -2.28. The largest absolute Gasteiger partial charge is 0.416 e. The van der Waals surface area contributed by atoms with E-state index >= 15 is 0 Å². The molecule has 30 heavy (non-hydrogen) atoms. The summed E-state index contributed by atoms with van der Waals surface area (Å²) in [5, 5.41) is 14.5. The molecular weight excluding hydrogens is 399 g/mol. The predicted octanol–water partition coefficient (Wildman–Crippen LogP) is 2.78. The summed E-state index contributed by atoms with van der Waals surface area (Å²) in [4.78, 5) is 6.44. The number of nitrogens with two attached hydrogens (primary N) is 1. The Morgan fingerprint density at radius 3 is 2.67 bits per heavy atom. The van der Waals surface area contributed by atoms with Crippen LogP contribution >= 0.6 is 0 Å². The number of aliphatic hydroxyl groups excluding tert-OH is 1. The van der Waals surface area contributed by atoms with Crippen molar-refractivity contribution in [3.63, 3.8) is 0 Å². The van der Waals surface area contributed by atoms with Gasteiger partial charge in [-0.2, -0.15) is 13.2 Å². The summed E-state index contributed by atoms with van der Waals surface area (Å²) in [6.07, 6.45) is -2.09. The van der Waals surface area contributed by atoms with Crippen molar-refractivity contribution in [1.82, 2.24) is 14.6 Å². The summed E-state index contributed by atoms with van der Waals surface area (Å²) in [6.45, 7) is 3.64. The average Bonchev–Trinajstić information content (AvgIpc) is 3.07. The van der Waals surface area contributed by atoms with Crippen molar-refractivity contribution in [2.75, 3.05) is 36.9 Å². The number of anilines is 2. The number of halogens is 3. The van der Waals surface area contributed by atoms with E-state index in [0.717, 1.165) is 0 Å². The second-order valence-electron chi connectivity index (χ2n) is 7.52. The van der Waals surface area contributed by atoms with Crippen LogP contribution in [0.25, 0.3) is 5.65 Å². The number of ether oxygens (including phenoxy) is 1. The Bertz CT molecular complexity index is 1020. The van der Waals surface area contributed by atoms with Crippen LogP contribution in [-0.4, -0.2) is 52.2 Å². The minimum Gasteiger partial charge on any atom is -0.396 e. The van der Waals surface area contributed by atoms with Crippen LogP contribution in [0.15, 0.2) is 28.9 Å². The molecule has 2 aliphatic rings. The van der Waals surface area contributed by atoms with E-state index in [9.17, 15) is 18.3 Å². The molecule has 0 spiro atoms. The number of fused-ring (bicyclic) bond motifs is 1. The Balaban J connectivity index is 1.78. The van der Waals surface area contributed by atoms with E-state index in [4.69, 9.17) is 10.5 Å². The van der Waals surface area contributed by atoms with E-state index in [2.05, 4.69) is 10.1 Å². The van der Waals surface area contributed by atoms with Crippen LogP contribution in [0.3, 0.4) is 0 Å². The van der Waals surface area contributed by atoms with Gasteiger partial charge in [0.25, 0.3) is 0 Å². The quantitative estimate of drug-likeness (QED) is 0.786. The topological polar surface area (TPSA) is 88.9 Å². The first-order valence-electron chi connectivity index (χ1n) is 9.86. The van der Waals surface area contributed by atoms with Crippen molar-refractivity contribution in [2.24, 2.45) is 0 Å². The second kappa shape index (κ2) is 7.92. The SMILES string of the molecule is CC1=C(Cc2c(CO)nc3c(N)cc(N4CCOCC4)nn23)CCC=C1C(F)(F)F. The number of nitrogens with zero attached hydrogens (tertiary/aromatic N) is 4. The summed E-state index contributed by atoms with van der Waals surface area (Å²) in [5.41, 5.74) is 8.24. The Hall–Kier alpha value is -2.59. The number of alkyl halides is 3.